The van der Waals surface area contributed by atoms with E-state index in [1.54, 1.807) is 6.92 Å². The van der Waals surface area contributed by atoms with Crippen LogP contribution in [0.15, 0.2) is 70.7 Å². The Morgan fingerprint density at radius 3 is 2.41 bits per heavy atom. The lowest BCUT2D eigenvalue weighted by molar-refractivity contribution is -0.147. The van der Waals surface area contributed by atoms with Gasteiger partial charge in [-0.25, -0.2) is 14.2 Å². The number of fused-ring (bicyclic) bond motifs is 2. The van der Waals surface area contributed by atoms with E-state index < -0.39 is 11.9 Å². The molecule has 0 atom stereocenters. The quantitative estimate of drug-likeness (QED) is 0.0952. The highest BCUT2D eigenvalue weighted by Crippen LogP contribution is 2.41. The number of nitrogens with zero attached hydrogens (tertiary/aromatic N) is 2. The predicted octanol–water partition coefficient (Wildman–Crippen LogP) is 5.96. The van der Waals surface area contributed by atoms with Crippen LogP contribution in [-0.4, -0.2) is 51.3 Å². The Bertz CT molecular complexity index is 1550. The lowest BCUT2D eigenvalue weighted by Gasteiger charge is -2.23. The summed E-state index contributed by atoms with van der Waals surface area (Å²) in [5, 5.41) is 2.03. The van der Waals surface area contributed by atoms with Gasteiger partial charge in [0.05, 0.1) is 6.07 Å². The van der Waals surface area contributed by atoms with Crippen molar-refractivity contribution in [1.82, 2.24) is 4.58 Å². The van der Waals surface area contributed by atoms with Gasteiger partial charge in [0.25, 0.3) is 0 Å². The Labute approximate surface area is 242 Å². The van der Waals surface area contributed by atoms with Crippen molar-refractivity contribution in [2.75, 3.05) is 44.3 Å². The van der Waals surface area contributed by atoms with Crippen molar-refractivity contribution in [2.45, 2.75) is 47.5 Å². The smallest absolute Gasteiger partial charge is 0.334 e. The van der Waals surface area contributed by atoms with Crippen LogP contribution in [0.1, 0.15) is 53.0 Å². The Hall–Kier alpha value is -4.13. The average Bonchev–Trinajstić information content (AvgIpc) is 2.99. The van der Waals surface area contributed by atoms with Crippen LogP contribution in [-0.2, 0) is 19.1 Å². The highest BCUT2D eigenvalue weighted by Gasteiger charge is 2.26. The molecule has 0 unspecified atom stereocenters. The van der Waals surface area contributed by atoms with E-state index in [4.69, 9.17) is 13.9 Å². The molecule has 0 fully saturated rings. The highest BCUT2D eigenvalue weighted by molar-refractivity contribution is 6.08. The van der Waals surface area contributed by atoms with E-state index in [-0.39, 0.29) is 13.2 Å². The maximum absolute atomic E-state index is 13.4. The predicted molar refractivity (Wildman–Crippen MR) is 165 cm³/mol. The molecule has 0 bridgehead atoms. The van der Waals surface area contributed by atoms with Gasteiger partial charge in [-0.1, -0.05) is 18.7 Å². The average molecular weight is 558 g/mol. The first-order chi connectivity index (χ1) is 19.8. The highest BCUT2D eigenvalue weighted by atomic mass is 16.6. The van der Waals surface area contributed by atoms with E-state index in [0.29, 0.717) is 17.6 Å². The molecule has 1 aliphatic heterocycles. The zero-order valence-electron chi connectivity index (χ0n) is 24.9. The Morgan fingerprint density at radius 1 is 1.00 bits per heavy atom. The largest absolute Gasteiger partial charge is 0.459 e. The summed E-state index contributed by atoms with van der Waals surface area (Å²) in [6, 6.07) is 12.6. The molecule has 0 amide bonds. The van der Waals surface area contributed by atoms with E-state index in [1.165, 1.54) is 0 Å². The van der Waals surface area contributed by atoms with E-state index in [2.05, 4.69) is 86.2 Å². The summed E-state index contributed by atoms with van der Waals surface area (Å²) in [5.74, 6) is -0.141. The molecule has 3 aliphatic rings. The van der Waals surface area contributed by atoms with Crippen molar-refractivity contribution in [3.8, 4) is 11.3 Å². The van der Waals surface area contributed by atoms with Crippen LogP contribution in [0.5, 0.6) is 0 Å². The minimum atomic E-state index is -0.499. The summed E-state index contributed by atoms with van der Waals surface area (Å²) in [6.07, 6.45) is 5.41. The minimum absolute atomic E-state index is 0.0196. The first-order valence-corrected chi connectivity index (χ1v) is 14.6. The van der Waals surface area contributed by atoms with Crippen molar-refractivity contribution in [3.05, 3.63) is 77.2 Å². The molecule has 7 nitrogen and oxygen atoms in total. The van der Waals surface area contributed by atoms with Crippen LogP contribution in [0.4, 0.5) is 5.69 Å². The second-order valence-corrected chi connectivity index (χ2v) is 10.1. The number of benzene rings is 2. The molecule has 0 aromatic heterocycles. The Morgan fingerprint density at radius 2 is 1.73 bits per heavy atom. The molecule has 0 spiro atoms. The van der Waals surface area contributed by atoms with Crippen molar-refractivity contribution in [3.63, 3.8) is 0 Å². The van der Waals surface area contributed by atoms with Gasteiger partial charge in [-0.15, -0.1) is 0 Å². The molecule has 4 rings (SSSR count). The lowest BCUT2D eigenvalue weighted by Crippen LogP contribution is -2.29. The molecule has 1 heterocycles. The SMILES string of the molecule is C=C(C)C(=O)OCCOC(=O)C1=C(c2c3ccc(=[N+](CC)CC)cc-3oc3cc(N(CC)CC)ccc23)C=CCC1. The number of carbonyl (C=O) groups is 2. The fourth-order valence-corrected chi connectivity index (χ4v) is 5.32. The van der Waals surface area contributed by atoms with E-state index in [9.17, 15) is 9.59 Å². The van der Waals surface area contributed by atoms with Crippen LogP contribution in [0.25, 0.3) is 27.9 Å². The number of hydrogen-bond donors (Lipinski definition) is 0. The summed E-state index contributed by atoms with van der Waals surface area (Å²) in [5.41, 5.74) is 5.49. The molecule has 0 radical (unpaired) electrons. The van der Waals surface area contributed by atoms with Crippen LogP contribution in [0, 0.1) is 0 Å². The summed E-state index contributed by atoms with van der Waals surface area (Å²) < 4.78 is 19.5. The zero-order chi connectivity index (χ0) is 29.5. The van der Waals surface area contributed by atoms with Crippen molar-refractivity contribution in [1.29, 1.82) is 0 Å². The number of rotatable bonds is 11. The Kier molecular flexibility index (Phi) is 9.82. The molecular weight excluding hydrogens is 516 g/mol. The monoisotopic (exact) mass is 557 g/mol. The molecular formula is C34H41N2O5+. The van der Waals surface area contributed by atoms with Gasteiger partial charge in [0.1, 0.15) is 37.6 Å². The first kappa shape index (κ1) is 29.8. The van der Waals surface area contributed by atoms with Gasteiger partial charge in [-0.05, 0) is 71.2 Å². The number of esters is 2. The lowest BCUT2D eigenvalue weighted by atomic mass is 9.86. The number of carbonyl (C=O) groups excluding carboxylic acids is 2. The van der Waals surface area contributed by atoms with Gasteiger partial charge < -0.3 is 18.8 Å². The summed E-state index contributed by atoms with van der Waals surface area (Å²) in [7, 11) is 0. The number of allylic oxidation sites excluding steroid dienone is 3. The fraction of sp³-hybridized carbons (Fsp3) is 0.382. The van der Waals surface area contributed by atoms with Gasteiger partial charge in [-0.3, -0.25) is 0 Å². The maximum Gasteiger partial charge on any atom is 0.334 e. The molecule has 7 heteroatoms. The third-order valence-electron chi connectivity index (χ3n) is 7.53. The van der Waals surface area contributed by atoms with Crippen LogP contribution in [0.3, 0.4) is 0 Å². The first-order valence-electron chi connectivity index (χ1n) is 14.6. The van der Waals surface area contributed by atoms with Crippen LogP contribution < -0.4 is 14.8 Å². The number of ether oxygens (including phenoxy) is 2. The van der Waals surface area contributed by atoms with E-state index in [1.807, 2.05) is 6.08 Å². The van der Waals surface area contributed by atoms with Crippen molar-refractivity contribution < 1.29 is 23.5 Å². The van der Waals surface area contributed by atoms with E-state index >= 15 is 0 Å². The van der Waals surface area contributed by atoms with Gasteiger partial charge in [0.15, 0.2) is 0 Å². The molecule has 0 N–H and O–H groups in total. The second kappa shape index (κ2) is 13.5. The summed E-state index contributed by atoms with van der Waals surface area (Å²) >= 11 is 0. The standard InChI is InChI=1S/C34H41N2O5/c1-7-35(8-2)24-15-17-28-30(21-24)41-31-22-25(36(9-3)10-4)16-18-29(31)32(28)26-13-11-12-14-27(26)34(38)40-20-19-39-33(37)23(5)6/h11,13,15-18,21-22H,5,7-10,12,14,19-20H2,1-4,6H3/q+1. The Balaban J connectivity index is 1.88. The van der Waals surface area contributed by atoms with Gasteiger partial charge in [0, 0.05) is 58.6 Å². The number of anilines is 1. The molecule has 2 aliphatic carbocycles. The van der Waals surface area contributed by atoms with Crippen LogP contribution in [0.2, 0.25) is 0 Å². The normalized spacial score (nSPS) is 13.0. The minimum Gasteiger partial charge on any atom is -0.459 e. The summed E-state index contributed by atoms with van der Waals surface area (Å²) in [6.45, 7) is 17.2. The zero-order valence-corrected chi connectivity index (χ0v) is 24.9. The number of hydrogen-bond acceptors (Lipinski definition) is 6. The van der Waals surface area contributed by atoms with Gasteiger partial charge in [-0.2, -0.15) is 0 Å². The van der Waals surface area contributed by atoms with Crippen LogP contribution >= 0.6 is 0 Å². The fourth-order valence-electron chi connectivity index (χ4n) is 5.32. The molecule has 0 saturated carbocycles. The third-order valence-corrected chi connectivity index (χ3v) is 7.53. The molecule has 41 heavy (non-hydrogen) atoms. The molecule has 1 aromatic carbocycles. The van der Waals surface area contributed by atoms with E-state index in [0.717, 1.165) is 77.1 Å². The summed E-state index contributed by atoms with van der Waals surface area (Å²) in [4.78, 5) is 27.3. The third kappa shape index (κ3) is 6.45. The maximum atomic E-state index is 13.4. The van der Waals surface area contributed by atoms with Crippen molar-refractivity contribution in [2.24, 2.45) is 0 Å². The molecule has 0 saturated heterocycles. The second-order valence-electron chi connectivity index (χ2n) is 10.1. The van der Waals surface area contributed by atoms with Gasteiger partial charge >= 0.3 is 11.9 Å². The van der Waals surface area contributed by atoms with Crippen molar-refractivity contribution >= 4 is 34.2 Å². The topological polar surface area (TPSA) is 72.0 Å². The molecule has 216 valence electrons. The van der Waals surface area contributed by atoms with Gasteiger partial charge in [0.2, 0.25) is 5.36 Å². The molecule has 1 aromatic rings.